The van der Waals surface area contributed by atoms with E-state index in [1.54, 1.807) is 11.8 Å². The molecular formula is C14H23ClN2OS. The lowest BCUT2D eigenvalue weighted by molar-refractivity contribution is -0.122. The quantitative estimate of drug-likeness (QED) is 0.601. The van der Waals surface area contributed by atoms with Crippen molar-refractivity contribution < 1.29 is 4.79 Å². The van der Waals surface area contributed by atoms with Gasteiger partial charge in [0.2, 0.25) is 5.91 Å². The van der Waals surface area contributed by atoms with Gasteiger partial charge in [0.15, 0.2) is 0 Å². The Morgan fingerprint density at radius 1 is 1.32 bits per heavy atom. The van der Waals surface area contributed by atoms with E-state index in [1.165, 1.54) is 4.90 Å². The van der Waals surface area contributed by atoms with E-state index in [2.05, 4.69) is 31.3 Å². The van der Waals surface area contributed by atoms with E-state index < -0.39 is 0 Å². The summed E-state index contributed by atoms with van der Waals surface area (Å²) < 4.78 is 0. The van der Waals surface area contributed by atoms with E-state index in [1.807, 2.05) is 18.2 Å². The Labute approximate surface area is 126 Å². The summed E-state index contributed by atoms with van der Waals surface area (Å²) >= 11 is 1.73. The Hall–Kier alpha value is -0.710. The molecule has 1 atom stereocenters. The molecule has 1 aromatic rings. The number of carbonyl (C=O) groups is 1. The number of benzene rings is 1. The van der Waals surface area contributed by atoms with Crippen LogP contribution >= 0.6 is 24.2 Å². The number of carbonyl (C=O) groups excluding carboxylic acids is 1. The van der Waals surface area contributed by atoms with Gasteiger partial charge in [0.05, 0.1) is 6.04 Å². The van der Waals surface area contributed by atoms with Crippen LogP contribution in [-0.2, 0) is 4.79 Å². The predicted molar refractivity (Wildman–Crippen MR) is 84.9 cm³/mol. The van der Waals surface area contributed by atoms with Crippen LogP contribution in [-0.4, -0.2) is 24.2 Å². The van der Waals surface area contributed by atoms with Gasteiger partial charge in [-0.2, -0.15) is 0 Å². The number of thioether (sulfide) groups is 1. The molecule has 3 N–H and O–H groups in total. The molecular weight excluding hydrogens is 280 g/mol. The molecule has 0 saturated heterocycles. The van der Waals surface area contributed by atoms with Crippen LogP contribution in [0.4, 0.5) is 0 Å². The zero-order chi connectivity index (χ0) is 13.4. The van der Waals surface area contributed by atoms with Crippen molar-refractivity contribution in [1.82, 2.24) is 5.32 Å². The van der Waals surface area contributed by atoms with Crippen LogP contribution in [0.5, 0.6) is 0 Å². The summed E-state index contributed by atoms with van der Waals surface area (Å²) in [6.07, 6.45) is 0.734. The van der Waals surface area contributed by atoms with Gasteiger partial charge in [-0.15, -0.1) is 24.2 Å². The smallest absolute Gasteiger partial charge is 0.236 e. The van der Waals surface area contributed by atoms with E-state index in [0.29, 0.717) is 12.5 Å². The third-order valence-corrected chi connectivity index (χ3v) is 3.49. The van der Waals surface area contributed by atoms with E-state index in [4.69, 9.17) is 5.73 Å². The predicted octanol–water partition coefficient (Wildman–Crippen LogP) is 2.69. The fraction of sp³-hybridized carbons (Fsp3) is 0.500. The molecule has 0 aliphatic rings. The summed E-state index contributed by atoms with van der Waals surface area (Å²) in [4.78, 5) is 12.9. The molecule has 0 fully saturated rings. The average Bonchev–Trinajstić information content (AvgIpc) is 2.34. The van der Waals surface area contributed by atoms with Crippen molar-refractivity contribution in [2.75, 3.05) is 12.3 Å². The SMILES string of the molecule is CC(C)C[C@H](N)C(=O)NCCSc1ccccc1.Cl. The maximum atomic E-state index is 11.6. The van der Waals surface area contributed by atoms with Crippen LogP contribution in [0.25, 0.3) is 0 Å². The summed E-state index contributed by atoms with van der Waals surface area (Å²) in [5.41, 5.74) is 5.79. The molecule has 0 aliphatic heterocycles. The average molecular weight is 303 g/mol. The highest BCUT2D eigenvalue weighted by Crippen LogP contribution is 2.15. The fourth-order valence-electron chi connectivity index (χ4n) is 1.61. The highest BCUT2D eigenvalue weighted by atomic mass is 35.5. The molecule has 0 saturated carbocycles. The number of nitrogens with one attached hydrogen (secondary N) is 1. The molecule has 0 heterocycles. The Balaban J connectivity index is 0.00000324. The second kappa shape index (κ2) is 10.1. The van der Waals surface area contributed by atoms with Crippen LogP contribution in [0.2, 0.25) is 0 Å². The summed E-state index contributed by atoms with van der Waals surface area (Å²) in [6, 6.07) is 9.77. The van der Waals surface area contributed by atoms with Gasteiger partial charge in [-0.05, 0) is 24.5 Å². The van der Waals surface area contributed by atoms with E-state index in [-0.39, 0.29) is 24.4 Å². The third-order valence-electron chi connectivity index (χ3n) is 2.48. The summed E-state index contributed by atoms with van der Waals surface area (Å²) in [5, 5.41) is 2.87. The van der Waals surface area contributed by atoms with Gasteiger partial charge in [0, 0.05) is 17.2 Å². The summed E-state index contributed by atoms with van der Waals surface area (Å²) in [7, 11) is 0. The van der Waals surface area contributed by atoms with Gasteiger partial charge in [0.25, 0.3) is 0 Å². The van der Waals surface area contributed by atoms with Crippen LogP contribution in [0.1, 0.15) is 20.3 Å². The van der Waals surface area contributed by atoms with Gasteiger partial charge in [-0.3, -0.25) is 4.79 Å². The lowest BCUT2D eigenvalue weighted by atomic mass is 10.0. The van der Waals surface area contributed by atoms with Crippen LogP contribution in [0.15, 0.2) is 35.2 Å². The standard InChI is InChI=1S/C14H22N2OS.ClH/c1-11(2)10-13(15)14(17)16-8-9-18-12-6-4-3-5-7-12;/h3-7,11,13H,8-10,15H2,1-2H3,(H,16,17);1H/t13-;/m0./s1. The van der Waals surface area contributed by atoms with Gasteiger partial charge in [0.1, 0.15) is 0 Å². The molecule has 0 bridgehead atoms. The molecule has 1 aromatic carbocycles. The van der Waals surface area contributed by atoms with Crippen molar-refractivity contribution >= 4 is 30.1 Å². The molecule has 3 nitrogen and oxygen atoms in total. The van der Waals surface area contributed by atoms with Crippen molar-refractivity contribution in [2.24, 2.45) is 11.7 Å². The molecule has 19 heavy (non-hydrogen) atoms. The number of rotatable bonds is 7. The molecule has 0 spiro atoms. The topological polar surface area (TPSA) is 55.1 Å². The number of halogens is 1. The lowest BCUT2D eigenvalue weighted by Crippen LogP contribution is -2.42. The monoisotopic (exact) mass is 302 g/mol. The second-order valence-corrected chi connectivity index (χ2v) is 5.86. The van der Waals surface area contributed by atoms with Gasteiger partial charge in [-0.25, -0.2) is 0 Å². The molecule has 0 aliphatic carbocycles. The normalized spacial score (nSPS) is 11.8. The Morgan fingerprint density at radius 2 is 1.95 bits per heavy atom. The zero-order valence-corrected chi connectivity index (χ0v) is 13.1. The first-order valence-electron chi connectivity index (χ1n) is 6.30. The largest absolute Gasteiger partial charge is 0.354 e. The summed E-state index contributed by atoms with van der Waals surface area (Å²) in [5.74, 6) is 1.27. The number of hydrogen-bond donors (Lipinski definition) is 2. The van der Waals surface area contributed by atoms with Crippen molar-refractivity contribution in [2.45, 2.75) is 31.2 Å². The molecule has 5 heteroatoms. The van der Waals surface area contributed by atoms with Crippen molar-refractivity contribution in [3.05, 3.63) is 30.3 Å². The minimum atomic E-state index is -0.383. The number of nitrogens with two attached hydrogens (primary N) is 1. The molecule has 0 aromatic heterocycles. The molecule has 0 unspecified atom stereocenters. The molecule has 1 amide bonds. The van der Waals surface area contributed by atoms with Crippen molar-refractivity contribution in [3.8, 4) is 0 Å². The maximum absolute atomic E-state index is 11.6. The Bertz CT molecular complexity index is 360. The Kier molecular flexibility index (Phi) is 9.74. The highest BCUT2D eigenvalue weighted by Gasteiger charge is 2.13. The van der Waals surface area contributed by atoms with Crippen molar-refractivity contribution in [1.29, 1.82) is 0 Å². The lowest BCUT2D eigenvalue weighted by Gasteiger charge is -2.13. The van der Waals surface area contributed by atoms with Gasteiger partial charge in [-0.1, -0.05) is 32.0 Å². The van der Waals surface area contributed by atoms with Crippen LogP contribution in [0.3, 0.4) is 0 Å². The first-order chi connectivity index (χ1) is 8.59. The third kappa shape index (κ3) is 8.14. The van der Waals surface area contributed by atoms with E-state index >= 15 is 0 Å². The first-order valence-corrected chi connectivity index (χ1v) is 7.29. The second-order valence-electron chi connectivity index (χ2n) is 4.69. The minimum absolute atomic E-state index is 0. The number of amides is 1. The van der Waals surface area contributed by atoms with E-state index in [0.717, 1.165) is 12.2 Å². The highest BCUT2D eigenvalue weighted by molar-refractivity contribution is 7.99. The summed E-state index contributed by atoms with van der Waals surface area (Å²) in [6.45, 7) is 4.79. The van der Waals surface area contributed by atoms with Gasteiger partial charge >= 0.3 is 0 Å². The van der Waals surface area contributed by atoms with Crippen molar-refractivity contribution in [3.63, 3.8) is 0 Å². The first kappa shape index (κ1) is 18.3. The zero-order valence-electron chi connectivity index (χ0n) is 11.5. The number of hydrogen-bond acceptors (Lipinski definition) is 3. The Morgan fingerprint density at radius 3 is 2.53 bits per heavy atom. The van der Waals surface area contributed by atoms with Gasteiger partial charge < -0.3 is 11.1 Å². The van der Waals surface area contributed by atoms with Crippen LogP contribution in [0, 0.1) is 5.92 Å². The molecule has 0 radical (unpaired) electrons. The fourth-order valence-corrected chi connectivity index (χ4v) is 2.40. The maximum Gasteiger partial charge on any atom is 0.236 e. The van der Waals surface area contributed by atoms with Crippen LogP contribution < -0.4 is 11.1 Å². The minimum Gasteiger partial charge on any atom is -0.354 e. The molecule has 1 rings (SSSR count). The van der Waals surface area contributed by atoms with E-state index in [9.17, 15) is 4.79 Å². The molecule has 108 valence electrons.